The van der Waals surface area contributed by atoms with E-state index < -0.39 is 0 Å². The van der Waals surface area contributed by atoms with Gasteiger partial charge in [0, 0.05) is 6.42 Å². The standard InChI is InChI=1S/C16H24BrNO4/c1-12(2)10-22-16(19)11-20-6-7-21-14-8-13(3)4-5-15(17)18-9-14/h8-9,12H,4-7,10-11H2,1-3H3/b13-8+,14-9+,18-15+. The lowest BCUT2D eigenvalue weighted by atomic mass is 10.1. The second-order valence-electron chi connectivity index (χ2n) is 5.51. The van der Waals surface area contributed by atoms with Crippen LogP contribution in [0.1, 0.15) is 33.6 Å². The van der Waals surface area contributed by atoms with Crippen LogP contribution in [0.5, 0.6) is 0 Å². The summed E-state index contributed by atoms with van der Waals surface area (Å²) >= 11 is 3.41. The fourth-order valence-electron chi connectivity index (χ4n) is 1.60. The zero-order valence-electron chi connectivity index (χ0n) is 13.4. The first kappa shape index (κ1) is 18.9. The third kappa shape index (κ3) is 9.00. The van der Waals surface area contributed by atoms with E-state index in [-0.39, 0.29) is 12.6 Å². The average Bonchev–Trinajstić information content (AvgIpc) is 2.46. The highest BCUT2D eigenvalue weighted by Crippen LogP contribution is 2.15. The summed E-state index contributed by atoms with van der Waals surface area (Å²) in [6.45, 7) is 7.09. The zero-order chi connectivity index (χ0) is 16.4. The summed E-state index contributed by atoms with van der Waals surface area (Å²) < 4.78 is 16.7. The molecule has 0 N–H and O–H groups in total. The second-order valence-corrected chi connectivity index (χ2v) is 6.42. The largest absolute Gasteiger partial charge is 0.490 e. The first-order valence-corrected chi connectivity index (χ1v) is 8.22. The molecule has 0 unspecified atom stereocenters. The maximum atomic E-state index is 11.3. The number of hydrogen-bond acceptors (Lipinski definition) is 5. The molecule has 1 aliphatic rings. The van der Waals surface area contributed by atoms with Crippen LogP contribution in [0.2, 0.25) is 0 Å². The number of carbonyl (C=O) groups is 1. The Morgan fingerprint density at radius 1 is 1.36 bits per heavy atom. The lowest BCUT2D eigenvalue weighted by molar-refractivity contribution is -0.150. The van der Waals surface area contributed by atoms with Gasteiger partial charge in [0.1, 0.15) is 19.0 Å². The zero-order valence-corrected chi connectivity index (χ0v) is 15.0. The van der Waals surface area contributed by atoms with E-state index in [1.54, 1.807) is 6.20 Å². The smallest absolute Gasteiger partial charge is 0.332 e. The molecule has 0 bridgehead atoms. The molecule has 1 rings (SSSR count). The number of nitrogens with zero attached hydrogens (tertiary/aromatic N) is 1. The fraction of sp³-hybridized carbons (Fsp3) is 0.625. The molecule has 0 amide bonds. The second kappa shape index (κ2) is 10.6. The molecule has 0 aromatic rings. The summed E-state index contributed by atoms with van der Waals surface area (Å²) in [5, 5.41) is 0. The molecular formula is C16H24BrNO4. The van der Waals surface area contributed by atoms with Crippen molar-refractivity contribution in [2.24, 2.45) is 10.9 Å². The number of hydrogen-bond donors (Lipinski definition) is 0. The minimum absolute atomic E-state index is 0.0479. The van der Waals surface area contributed by atoms with Crippen LogP contribution in [-0.4, -0.2) is 37.0 Å². The minimum Gasteiger partial charge on any atom is -0.490 e. The quantitative estimate of drug-likeness (QED) is 0.481. The van der Waals surface area contributed by atoms with Crippen molar-refractivity contribution in [1.82, 2.24) is 0 Å². The van der Waals surface area contributed by atoms with E-state index in [1.807, 2.05) is 19.9 Å². The predicted molar refractivity (Wildman–Crippen MR) is 90.0 cm³/mol. The van der Waals surface area contributed by atoms with Gasteiger partial charge in [-0.1, -0.05) is 19.4 Å². The van der Waals surface area contributed by atoms with Gasteiger partial charge in [0.05, 0.1) is 24.0 Å². The van der Waals surface area contributed by atoms with Crippen molar-refractivity contribution in [3.05, 3.63) is 23.6 Å². The Balaban J connectivity index is 2.23. The molecule has 0 saturated carbocycles. The Morgan fingerprint density at radius 3 is 2.86 bits per heavy atom. The number of rotatable bonds is 8. The molecule has 1 aliphatic heterocycles. The molecule has 5 nitrogen and oxygen atoms in total. The Morgan fingerprint density at radius 2 is 2.14 bits per heavy atom. The van der Waals surface area contributed by atoms with Crippen LogP contribution >= 0.6 is 15.9 Å². The lowest BCUT2D eigenvalue weighted by Gasteiger charge is -2.11. The number of esters is 1. The maximum Gasteiger partial charge on any atom is 0.332 e. The van der Waals surface area contributed by atoms with Crippen LogP contribution in [-0.2, 0) is 19.0 Å². The van der Waals surface area contributed by atoms with E-state index in [0.717, 1.165) is 17.5 Å². The van der Waals surface area contributed by atoms with Crippen LogP contribution in [0.3, 0.4) is 0 Å². The van der Waals surface area contributed by atoms with Crippen LogP contribution in [0.15, 0.2) is 28.6 Å². The summed E-state index contributed by atoms with van der Waals surface area (Å²) in [7, 11) is 0. The molecule has 0 spiro atoms. The van der Waals surface area contributed by atoms with Gasteiger partial charge in [-0.3, -0.25) is 0 Å². The SMILES string of the molecule is C\C1=C/C(OCCOCC(=O)OCC(C)C)=C\N=C(\Br)CC1. The summed E-state index contributed by atoms with van der Waals surface area (Å²) in [5.41, 5.74) is 1.23. The van der Waals surface area contributed by atoms with E-state index in [0.29, 0.717) is 31.5 Å². The topological polar surface area (TPSA) is 57.1 Å². The molecule has 0 aromatic carbocycles. The van der Waals surface area contributed by atoms with Crippen molar-refractivity contribution < 1.29 is 19.0 Å². The number of carbonyl (C=O) groups excluding carboxylic acids is 1. The van der Waals surface area contributed by atoms with Gasteiger partial charge >= 0.3 is 5.97 Å². The molecule has 0 radical (unpaired) electrons. The normalized spacial score (nSPS) is 22.5. The highest BCUT2D eigenvalue weighted by atomic mass is 79.9. The Kier molecular flexibility index (Phi) is 9.08. The van der Waals surface area contributed by atoms with Gasteiger partial charge in [-0.05, 0) is 41.3 Å². The van der Waals surface area contributed by atoms with E-state index >= 15 is 0 Å². The van der Waals surface area contributed by atoms with E-state index in [1.165, 1.54) is 5.57 Å². The van der Waals surface area contributed by atoms with Crippen molar-refractivity contribution in [3.8, 4) is 0 Å². The highest BCUT2D eigenvalue weighted by Gasteiger charge is 2.05. The van der Waals surface area contributed by atoms with E-state index in [4.69, 9.17) is 14.2 Å². The monoisotopic (exact) mass is 373 g/mol. The molecule has 0 saturated heterocycles. The first-order chi connectivity index (χ1) is 10.5. The van der Waals surface area contributed by atoms with Gasteiger partial charge in [0.15, 0.2) is 0 Å². The minimum atomic E-state index is -0.344. The molecule has 0 fully saturated rings. The Hall–Kier alpha value is -1.14. The van der Waals surface area contributed by atoms with Gasteiger partial charge < -0.3 is 14.2 Å². The van der Waals surface area contributed by atoms with Gasteiger partial charge in [-0.15, -0.1) is 0 Å². The molecular weight excluding hydrogens is 350 g/mol. The number of ether oxygens (including phenoxy) is 3. The third-order valence-corrected chi connectivity index (χ3v) is 3.34. The van der Waals surface area contributed by atoms with E-state index in [2.05, 4.69) is 27.8 Å². The van der Waals surface area contributed by atoms with Crippen molar-refractivity contribution in [2.75, 3.05) is 26.4 Å². The van der Waals surface area contributed by atoms with Gasteiger partial charge in [-0.25, -0.2) is 9.79 Å². The maximum absolute atomic E-state index is 11.3. The first-order valence-electron chi connectivity index (χ1n) is 7.43. The molecule has 1 heterocycles. The van der Waals surface area contributed by atoms with Gasteiger partial charge in [-0.2, -0.15) is 0 Å². The van der Waals surface area contributed by atoms with Crippen LogP contribution < -0.4 is 0 Å². The van der Waals surface area contributed by atoms with Crippen molar-refractivity contribution in [1.29, 1.82) is 0 Å². The van der Waals surface area contributed by atoms with Crippen molar-refractivity contribution in [3.63, 3.8) is 0 Å². The summed E-state index contributed by atoms with van der Waals surface area (Å²) in [5.74, 6) is 0.678. The molecule has 124 valence electrons. The average molecular weight is 374 g/mol. The number of aliphatic imine (C=N–C) groups is 1. The van der Waals surface area contributed by atoms with Crippen LogP contribution in [0, 0.1) is 5.92 Å². The molecule has 22 heavy (non-hydrogen) atoms. The summed E-state index contributed by atoms with van der Waals surface area (Å²) in [4.78, 5) is 15.6. The molecule has 0 aliphatic carbocycles. The van der Waals surface area contributed by atoms with E-state index in [9.17, 15) is 4.79 Å². The molecule has 0 atom stereocenters. The number of halogens is 1. The van der Waals surface area contributed by atoms with Gasteiger partial charge in [0.2, 0.25) is 0 Å². The fourth-order valence-corrected chi connectivity index (χ4v) is 1.91. The highest BCUT2D eigenvalue weighted by molar-refractivity contribution is 9.18. The summed E-state index contributed by atoms with van der Waals surface area (Å²) in [6.07, 6.45) is 5.50. The molecule has 0 aromatic heterocycles. The third-order valence-electron chi connectivity index (χ3n) is 2.74. The summed E-state index contributed by atoms with van der Waals surface area (Å²) in [6, 6.07) is 0. The van der Waals surface area contributed by atoms with Crippen molar-refractivity contribution in [2.45, 2.75) is 33.6 Å². The van der Waals surface area contributed by atoms with Crippen LogP contribution in [0.25, 0.3) is 0 Å². The lowest BCUT2D eigenvalue weighted by Crippen LogP contribution is -2.17. The molecule has 6 heteroatoms. The van der Waals surface area contributed by atoms with Crippen molar-refractivity contribution >= 4 is 26.5 Å². The van der Waals surface area contributed by atoms with Gasteiger partial charge in [0.25, 0.3) is 0 Å². The van der Waals surface area contributed by atoms with Crippen LogP contribution in [0.4, 0.5) is 0 Å². The Bertz CT molecular complexity index is 455. The Labute approximate surface area is 140 Å². The predicted octanol–water partition coefficient (Wildman–Crippen LogP) is 3.59. The number of allylic oxidation sites excluding steroid dienone is 2.